The fraction of sp³-hybridized carbons (Fsp3) is 0.533. The van der Waals surface area contributed by atoms with Crippen molar-refractivity contribution in [2.24, 2.45) is 5.16 Å². The second kappa shape index (κ2) is 6.87. The summed E-state index contributed by atoms with van der Waals surface area (Å²) in [6.45, 7) is 5.45. The Morgan fingerprint density at radius 1 is 1.43 bits per heavy atom. The third-order valence-electron chi connectivity index (χ3n) is 3.27. The molecule has 1 aromatic rings. The van der Waals surface area contributed by atoms with Crippen molar-refractivity contribution in [2.75, 3.05) is 5.88 Å². The summed E-state index contributed by atoms with van der Waals surface area (Å²) in [5.74, 6) is 0.390. The molecule has 1 heterocycles. The number of oxime groups is 1. The van der Waals surface area contributed by atoms with E-state index in [9.17, 15) is 8.42 Å². The fourth-order valence-corrected chi connectivity index (χ4v) is 3.88. The van der Waals surface area contributed by atoms with Crippen LogP contribution in [-0.4, -0.2) is 31.0 Å². The van der Waals surface area contributed by atoms with Crippen LogP contribution in [0.25, 0.3) is 0 Å². The average Bonchev–Trinajstić information content (AvgIpc) is 2.85. The van der Waals surface area contributed by atoms with Gasteiger partial charge in [-0.2, -0.15) is 0 Å². The van der Waals surface area contributed by atoms with Crippen molar-refractivity contribution in [1.29, 1.82) is 0 Å². The van der Waals surface area contributed by atoms with Crippen molar-refractivity contribution < 1.29 is 18.0 Å². The summed E-state index contributed by atoms with van der Waals surface area (Å²) in [6, 6.07) is 4.90. The summed E-state index contributed by atoms with van der Waals surface area (Å²) in [5, 5.41) is 4.20. The van der Waals surface area contributed by atoms with Gasteiger partial charge >= 0.3 is 0 Å². The molecule has 1 atom stereocenters. The van der Waals surface area contributed by atoms with Crippen LogP contribution in [0.4, 0.5) is 0 Å². The molecule has 0 aromatic heterocycles. The van der Waals surface area contributed by atoms with Gasteiger partial charge in [0, 0.05) is 17.0 Å². The maximum absolute atomic E-state index is 12.6. The highest BCUT2D eigenvalue weighted by molar-refractivity contribution is 8.05. The molecule has 0 fully saturated rings. The van der Waals surface area contributed by atoms with E-state index in [-0.39, 0.29) is 29.2 Å². The first-order valence-corrected chi connectivity index (χ1v) is 9.70. The van der Waals surface area contributed by atoms with Gasteiger partial charge in [0.25, 0.3) is 0 Å². The smallest absolute Gasteiger partial charge is 0.199 e. The van der Waals surface area contributed by atoms with Crippen LogP contribution in [0.1, 0.15) is 32.8 Å². The van der Waals surface area contributed by atoms with Crippen LogP contribution in [0.2, 0.25) is 5.02 Å². The van der Waals surface area contributed by atoms with Crippen molar-refractivity contribution in [3.05, 3.63) is 28.8 Å². The Balaban J connectivity index is 2.25. The van der Waals surface area contributed by atoms with E-state index in [1.807, 2.05) is 13.8 Å². The molecule has 1 unspecified atom stereocenters. The van der Waals surface area contributed by atoms with E-state index in [0.29, 0.717) is 16.3 Å². The number of benzene rings is 1. The number of nitrogens with zero attached hydrogens (tertiary/aromatic N) is 1. The van der Waals surface area contributed by atoms with Crippen molar-refractivity contribution in [3.8, 4) is 5.75 Å². The molecule has 1 aliphatic rings. The van der Waals surface area contributed by atoms with Gasteiger partial charge in [0.1, 0.15) is 5.75 Å². The first-order valence-electron chi connectivity index (χ1n) is 7.14. The van der Waals surface area contributed by atoms with Gasteiger partial charge in [0.05, 0.1) is 17.7 Å². The Morgan fingerprint density at radius 3 is 2.70 bits per heavy atom. The summed E-state index contributed by atoms with van der Waals surface area (Å²) in [5.41, 5.74) is -0.244. The lowest BCUT2D eigenvalue weighted by atomic mass is 10.1. The third kappa shape index (κ3) is 4.52. The first-order chi connectivity index (χ1) is 10.6. The van der Waals surface area contributed by atoms with E-state index < -0.39 is 15.4 Å². The number of ether oxygens (including phenoxy) is 1. The lowest BCUT2D eigenvalue weighted by Crippen LogP contribution is -2.28. The SMILES string of the molecule is CC(C)Oc1cc(Cl)ccc1CS(=O)(=O)C1=NOC(C)(CCl)C1. The molecule has 0 saturated carbocycles. The lowest BCUT2D eigenvalue weighted by Gasteiger charge is -2.17. The van der Waals surface area contributed by atoms with Crippen molar-refractivity contribution >= 4 is 38.1 Å². The van der Waals surface area contributed by atoms with E-state index in [4.69, 9.17) is 32.8 Å². The Bertz CT molecular complexity index is 718. The van der Waals surface area contributed by atoms with Crippen molar-refractivity contribution in [1.82, 2.24) is 0 Å². The summed E-state index contributed by atoms with van der Waals surface area (Å²) >= 11 is 11.8. The van der Waals surface area contributed by atoms with Gasteiger partial charge in [-0.15, -0.1) is 11.6 Å². The van der Waals surface area contributed by atoms with Gasteiger partial charge in [-0.1, -0.05) is 22.8 Å². The molecule has 128 valence electrons. The highest BCUT2D eigenvalue weighted by Gasteiger charge is 2.39. The molecule has 0 spiro atoms. The van der Waals surface area contributed by atoms with Gasteiger partial charge in [-0.05, 0) is 32.9 Å². The van der Waals surface area contributed by atoms with Crippen molar-refractivity contribution in [3.63, 3.8) is 0 Å². The molecular formula is C15H19Cl2NO4S. The Kier molecular flexibility index (Phi) is 5.48. The van der Waals surface area contributed by atoms with Gasteiger partial charge in [0.15, 0.2) is 20.5 Å². The molecule has 2 rings (SSSR count). The topological polar surface area (TPSA) is 65.0 Å². The Hall–Kier alpha value is -0.980. The summed E-state index contributed by atoms with van der Waals surface area (Å²) in [7, 11) is -3.62. The second-order valence-corrected chi connectivity index (χ2v) is 8.71. The molecule has 1 aliphatic heterocycles. The third-order valence-corrected chi connectivity index (χ3v) is 5.70. The Labute approximate surface area is 146 Å². The standard InChI is InChI=1S/C15H19Cl2NO4S/c1-10(2)21-13-6-12(17)5-4-11(13)8-23(19,20)14-7-15(3,9-16)22-18-14/h4-6,10H,7-9H2,1-3H3. The second-order valence-electron chi connectivity index (χ2n) is 6.01. The predicted octanol–water partition coefficient (Wildman–Crippen LogP) is 3.77. The molecule has 23 heavy (non-hydrogen) atoms. The van der Waals surface area contributed by atoms with Crippen LogP contribution in [-0.2, 0) is 20.4 Å². The van der Waals surface area contributed by atoms with E-state index in [0.717, 1.165) is 0 Å². The zero-order valence-corrected chi connectivity index (χ0v) is 15.5. The molecule has 0 amide bonds. The molecule has 0 radical (unpaired) electrons. The number of hydrogen-bond donors (Lipinski definition) is 0. The normalized spacial score (nSPS) is 21.2. The highest BCUT2D eigenvalue weighted by Crippen LogP contribution is 2.31. The van der Waals surface area contributed by atoms with Gasteiger partial charge < -0.3 is 9.57 Å². The molecule has 0 bridgehead atoms. The van der Waals surface area contributed by atoms with Crippen LogP contribution >= 0.6 is 23.2 Å². The zero-order valence-electron chi connectivity index (χ0n) is 13.2. The summed E-state index contributed by atoms with van der Waals surface area (Å²) in [4.78, 5) is 5.16. The summed E-state index contributed by atoms with van der Waals surface area (Å²) < 4.78 is 30.8. The lowest BCUT2D eigenvalue weighted by molar-refractivity contribution is 0.0152. The average molecular weight is 380 g/mol. The number of alkyl halides is 1. The maximum Gasteiger partial charge on any atom is 0.199 e. The minimum absolute atomic E-state index is 0.00565. The molecule has 0 aliphatic carbocycles. The zero-order chi connectivity index (χ0) is 17.3. The number of rotatable bonds is 5. The van der Waals surface area contributed by atoms with E-state index in [2.05, 4.69) is 5.16 Å². The number of sulfone groups is 1. The Morgan fingerprint density at radius 2 is 2.13 bits per heavy atom. The predicted molar refractivity (Wildman–Crippen MR) is 92.1 cm³/mol. The fourth-order valence-electron chi connectivity index (χ4n) is 2.08. The van der Waals surface area contributed by atoms with Gasteiger partial charge in [-0.25, -0.2) is 8.42 Å². The molecule has 5 nitrogen and oxygen atoms in total. The van der Waals surface area contributed by atoms with Crippen LogP contribution in [0.3, 0.4) is 0 Å². The number of halogens is 2. The molecule has 1 aromatic carbocycles. The maximum atomic E-state index is 12.6. The van der Waals surface area contributed by atoms with Crippen LogP contribution in [0.15, 0.2) is 23.4 Å². The number of hydrogen-bond acceptors (Lipinski definition) is 5. The van der Waals surface area contributed by atoms with Crippen molar-refractivity contribution in [2.45, 2.75) is 44.6 Å². The van der Waals surface area contributed by atoms with Gasteiger partial charge in [0.2, 0.25) is 0 Å². The van der Waals surface area contributed by atoms with E-state index >= 15 is 0 Å². The van der Waals surface area contributed by atoms with Gasteiger partial charge in [-0.3, -0.25) is 0 Å². The van der Waals surface area contributed by atoms with Crippen LogP contribution in [0.5, 0.6) is 5.75 Å². The highest BCUT2D eigenvalue weighted by atomic mass is 35.5. The molecule has 0 saturated heterocycles. The molecule has 0 N–H and O–H groups in total. The van der Waals surface area contributed by atoms with Crippen LogP contribution in [0, 0.1) is 0 Å². The molecule has 8 heteroatoms. The summed E-state index contributed by atoms with van der Waals surface area (Å²) in [6.07, 6.45) is 0.0638. The monoisotopic (exact) mass is 379 g/mol. The largest absolute Gasteiger partial charge is 0.491 e. The van der Waals surface area contributed by atoms with E-state index in [1.165, 1.54) is 0 Å². The molecular weight excluding hydrogens is 361 g/mol. The quantitative estimate of drug-likeness (QED) is 0.730. The van der Waals surface area contributed by atoms with E-state index in [1.54, 1.807) is 25.1 Å². The first kappa shape index (κ1) is 18.4. The minimum Gasteiger partial charge on any atom is -0.491 e. The van der Waals surface area contributed by atoms with Crippen LogP contribution < -0.4 is 4.74 Å². The minimum atomic E-state index is -3.62.